The normalized spacial score (nSPS) is 15.0. The summed E-state index contributed by atoms with van der Waals surface area (Å²) in [5.41, 5.74) is 3.26. The highest BCUT2D eigenvalue weighted by molar-refractivity contribution is 8.26. The van der Waals surface area contributed by atoms with Gasteiger partial charge in [-0.3, -0.25) is 9.69 Å². The smallest absolute Gasteiger partial charge is 0.266 e. The minimum absolute atomic E-state index is 0.0749. The molecule has 0 radical (unpaired) electrons. The summed E-state index contributed by atoms with van der Waals surface area (Å²) in [6.07, 6.45) is 4.32. The lowest BCUT2D eigenvalue weighted by molar-refractivity contribution is -0.121. The molecule has 1 amide bonds. The molecule has 0 unspecified atom stereocenters. The molecule has 4 nitrogen and oxygen atoms in total. The number of hydrogen-bond acceptors (Lipinski definition) is 5. The van der Waals surface area contributed by atoms with Gasteiger partial charge in [-0.15, -0.1) is 6.58 Å². The predicted molar refractivity (Wildman–Crippen MR) is 128 cm³/mol. The van der Waals surface area contributed by atoms with Crippen molar-refractivity contribution in [1.29, 1.82) is 0 Å². The number of aryl methyl sites for hydroxylation is 2. The van der Waals surface area contributed by atoms with E-state index in [1.165, 1.54) is 17.3 Å². The summed E-state index contributed by atoms with van der Waals surface area (Å²) in [5.74, 6) is 1.64. The van der Waals surface area contributed by atoms with E-state index in [2.05, 4.69) is 31.7 Å². The minimum Gasteiger partial charge on any atom is -0.493 e. The van der Waals surface area contributed by atoms with Crippen molar-refractivity contribution in [2.75, 3.05) is 19.8 Å². The number of carbonyl (C=O) groups excluding carboxylic acids is 1. The average molecular weight is 440 g/mol. The van der Waals surface area contributed by atoms with E-state index in [0.29, 0.717) is 29.0 Å². The standard InChI is InChI=1S/C24H25NO3S2/c1-4-12-25-23(26)22(30-24(25)29)16-19-8-10-20(11-9-19)27-13-5-14-28-21-15-17(2)6-7-18(21)3/h4,6-11,15-16H,1,5,12-14H2,2-3H3/b22-16+. The molecule has 2 aromatic carbocycles. The fraction of sp³-hybridized carbons (Fsp3) is 0.250. The van der Waals surface area contributed by atoms with Gasteiger partial charge < -0.3 is 9.47 Å². The number of rotatable bonds is 9. The average Bonchev–Trinajstić information content (AvgIpc) is 2.99. The lowest BCUT2D eigenvalue weighted by Gasteiger charge is -2.11. The number of thiocarbonyl (C=S) groups is 1. The number of benzene rings is 2. The molecule has 0 aliphatic carbocycles. The van der Waals surface area contributed by atoms with Crippen LogP contribution in [0.5, 0.6) is 11.5 Å². The molecular formula is C24H25NO3S2. The zero-order valence-corrected chi connectivity index (χ0v) is 18.9. The van der Waals surface area contributed by atoms with E-state index >= 15 is 0 Å². The van der Waals surface area contributed by atoms with Gasteiger partial charge in [0.2, 0.25) is 0 Å². The highest BCUT2D eigenvalue weighted by Crippen LogP contribution is 2.32. The Hall–Kier alpha value is -2.57. The summed E-state index contributed by atoms with van der Waals surface area (Å²) in [5, 5.41) is 0. The molecule has 156 valence electrons. The second kappa shape index (κ2) is 10.5. The fourth-order valence-corrected chi connectivity index (χ4v) is 4.17. The minimum atomic E-state index is -0.0749. The molecule has 6 heteroatoms. The molecule has 2 aromatic rings. The van der Waals surface area contributed by atoms with Gasteiger partial charge in [0.25, 0.3) is 5.91 Å². The Morgan fingerprint density at radius 1 is 1.10 bits per heavy atom. The monoisotopic (exact) mass is 439 g/mol. The molecule has 0 aromatic heterocycles. The van der Waals surface area contributed by atoms with Gasteiger partial charge in [0.05, 0.1) is 18.1 Å². The number of thioether (sulfide) groups is 1. The maximum Gasteiger partial charge on any atom is 0.266 e. The van der Waals surface area contributed by atoms with Crippen LogP contribution in [0, 0.1) is 13.8 Å². The van der Waals surface area contributed by atoms with Gasteiger partial charge in [-0.1, -0.05) is 54.3 Å². The van der Waals surface area contributed by atoms with Crippen molar-refractivity contribution in [3.05, 3.63) is 76.7 Å². The summed E-state index contributed by atoms with van der Waals surface area (Å²) in [6.45, 7) is 9.38. The van der Waals surface area contributed by atoms with Crippen LogP contribution in [0.2, 0.25) is 0 Å². The van der Waals surface area contributed by atoms with E-state index in [9.17, 15) is 4.79 Å². The Bertz CT molecular complexity index is 967. The largest absolute Gasteiger partial charge is 0.493 e. The van der Waals surface area contributed by atoms with Gasteiger partial charge in [-0.25, -0.2) is 0 Å². The lowest BCUT2D eigenvalue weighted by Crippen LogP contribution is -2.27. The highest BCUT2D eigenvalue weighted by atomic mass is 32.2. The summed E-state index contributed by atoms with van der Waals surface area (Å²) < 4.78 is 12.2. The maximum absolute atomic E-state index is 12.4. The summed E-state index contributed by atoms with van der Waals surface area (Å²) >= 11 is 6.58. The molecule has 1 aliphatic heterocycles. The van der Waals surface area contributed by atoms with Crippen molar-refractivity contribution < 1.29 is 14.3 Å². The summed E-state index contributed by atoms with van der Waals surface area (Å²) in [6, 6.07) is 13.9. The van der Waals surface area contributed by atoms with Crippen molar-refractivity contribution in [1.82, 2.24) is 4.90 Å². The van der Waals surface area contributed by atoms with Crippen LogP contribution < -0.4 is 9.47 Å². The molecule has 0 atom stereocenters. The Morgan fingerprint density at radius 3 is 2.57 bits per heavy atom. The maximum atomic E-state index is 12.4. The SMILES string of the molecule is C=CCN1C(=O)/C(=C\c2ccc(OCCCOc3cc(C)ccc3C)cc2)SC1=S. The molecule has 0 bridgehead atoms. The summed E-state index contributed by atoms with van der Waals surface area (Å²) in [4.78, 5) is 14.6. The molecule has 1 saturated heterocycles. The fourth-order valence-electron chi connectivity index (χ4n) is 2.89. The van der Waals surface area contributed by atoms with E-state index < -0.39 is 0 Å². The van der Waals surface area contributed by atoms with Crippen LogP contribution in [0.3, 0.4) is 0 Å². The first-order valence-corrected chi connectivity index (χ1v) is 11.0. The molecule has 1 fully saturated rings. The van der Waals surface area contributed by atoms with Crippen LogP contribution in [0.25, 0.3) is 6.08 Å². The van der Waals surface area contributed by atoms with Crippen LogP contribution >= 0.6 is 24.0 Å². The number of hydrogen-bond donors (Lipinski definition) is 0. The number of amides is 1. The third-order valence-electron chi connectivity index (χ3n) is 4.52. The topological polar surface area (TPSA) is 38.8 Å². The molecule has 1 aliphatic rings. The molecular weight excluding hydrogens is 414 g/mol. The number of carbonyl (C=O) groups is 1. The third kappa shape index (κ3) is 5.74. The van der Waals surface area contributed by atoms with Crippen molar-refractivity contribution in [2.24, 2.45) is 0 Å². The molecule has 3 rings (SSSR count). The van der Waals surface area contributed by atoms with Crippen LogP contribution in [-0.2, 0) is 4.79 Å². The van der Waals surface area contributed by atoms with E-state index in [1.807, 2.05) is 37.3 Å². The molecule has 0 N–H and O–H groups in total. The highest BCUT2D eigenvalue weighted by Gasteiger charge is 2.30. The zero-order chi connectivity index (χ0) is 21.5. The van der Waals surface area contributed by atoms with Crippen LogP contribution in [-0.4, -0.2) is 34.9 Å². The Labute approximate surface area is 187 Å². The molecule has 0 saturated carbocycles. The van der Waals surface area contributed by atoms with Gasteiger partial charge in [-0.05, 0) is 54.8 Å². The van der Waals surface area contributed by atoms with Gasteiger partial charge in [-0.2, -0.15) is 0 Å². The van der Waals surface area contributed by atoms with E-state index in [4.69, 9.17) is 21.7 Å². The van der Waals surface area contributed by atoms with Crippen LogP contribution in [0.4, 0.5) is 0 Å². The number of nitrogens with zero attached hydrogens (tertiary/aromatic N) is 1. The van der Waals surface area contributed by atoms with Crippen LogP contribution in [0.1, 0.15) is 23.1 Å². The first-order valence-electron chi connectivity index (χ1n) is 9.77. The van der Waals surface area contributed by atoms with Crippen molar-refractivity contribution in [3.8, 4) is 11.5 Å². The van der Waals surface area contributed by atoms with Gasteiger partial charge in [0.15, 0.2) is 0 Å². The first-order chi connectivity index (χ1) is 14.5. The predicted octanol–water partition coefficient (Wildman–Crippen LogP) is 5.54. The second-order valence-corrected chi connectivity index (χ2v) is 8.65. The number of ether oxygens (including phenoxy) is 2. The van der Waals surface area contributed by atoms with Gasteiger partial charge >= 0.3 is 0 Å². The molecule has 0 spiro atoms. The third-order valence-corrected chi connectivity index (χ3v) is 5.90. The lowest BCUT2D eigenvalue weighted by atomic mass is 10.1. The van der Waals surface area contributed by atoms with Crippen molar-refractivity contribution >= 4 is 40.3 Å². The van der Waals surface area contributed by atoms with Crippen LogP contribution in [0.15, 0.2) is 60.0 Å². The van der Waals surface area contributed by atoms with Crippen molar-refractivity contribution in [2.45, 2.75) is 20.3 Å². The molecule has 1 heterocycles. The van der Waals surface area contributed by atoms with E-state index in [0.717, 1.165) is 29.0 Å². The second-order valence-electron chi connectivity index (χ2n) is 6.97. The molecule has 30 heavy (non-hydrogen) atoms. The quantitative estimate of drug-likeness (QED) is 0.222. The van der Waals surface area contributed by atoms with E-state index in [-0.39, 0.29) is 5.91 Å². The van der Waals surface area contributed by atoms with Crippen molar-refractivity contribution in [3.63, 3.8) is 0 Å². The Kier molecular flexibility index (Phi) is 7.71. The summed E-state index contributed by atoms with van der Waals surface area (Å²) in [7, 11) is 0. The Morgan fingerprint density at radius 2 is 1.83 bits per heavy atom. The van der Waals surface area contributed by atoms with Gasteiger partial charge in [0, 0.05) is 13.0 Å². The Balaban J connectivity index is 1.47. The van der Waals surface area contributed by atoms with E-state index in [1.54, 1.807) is 11.0 Å². The zero-order valence-electron chi connectivity index (χ0n) is 17.2. The van der Waals surface area contributed by atoms with Gasteiger partial charge in [0.1, 0.15) is 15.8 Å². The first kappa shape index (κ1) is 22.1.